The van der Waals surface area contributed by atoms with E-state index >= 15 is 0 Å². The number of fused-ring (bicyclic) bond motifs is 1. The first kappa shape index (κ1) is 15.1. The van der Waals surface area contributed by atoms with Gasteiger partial charge in [-0.2, -0.15) is 5.10 Å². The molecular formula is C19H15N3O3. The number of carbonyl (C=O) groups excluding carboxylic acids is 1. The smallest absolute Gasteiger partial charge is 0.344 e. The molecule has 4 aromatic rings. The van der Waals surface area contributed by atoms with E-state index in [1.807, 2.05) is 25.1 Å². The zero-order valence-corrected chi connectivity index (χ0v) is 13.8. The Hall–Kier alpha value is -3.41. The number of pyridine rings is 1. The number of ether oxygens (including phenoxy) is 1. The van der Waals surface area contributed by atoms with Crippen LogP contribution in [0, 0.1) is 6.92 Å². The van der Waals surface area contributed by atoms with Gasteiger partial charge in [0.15, 0.2) is 11.4 Å². The van der Waals surface area contributed by atoms with Crippen molar-refractivity contribution in [1.82, 2.24) is 14.8 Å². The third-order valence-corrected chi connectivity index (χ3v) is 3.92. The van der Waals surface area contributed by atoms with Gasteiger partial charge in [-0.3, -0.25) is 4.68 Å². The topological polar surface area (TPSA) is 70.2 Å². The lowest BCUT2D eigenvalue weighted by Crippen LogP contribution is -2.10. The maximum atomic E-state index is 12.8. The van der Waals surface area contributed by atoms with E-state index in [1.165, 1.54) is 0 Å². The second kappa shape index (κ2) is 5.90. The Morgan fingerprint density at radius 2 is 1.96 bits per heavy atom. The third-order valence-electron chi connectivity index (χ3n) is 3.92. The molecule has 6 nitrogen and oxygen atoms in total. The number of nitrogens with zero attached hydrogens (tertiary/aromatic N) is 3. The van der Waals surface area contributed by atoms with Gasteiger partial charge in [0.1, 0.15) is 11.4 Å². The molecule has 0 bridgehead atoms. The van der Waals surface area contributed by atoms with Crippen LogP contribution in [0.4, 0.5) is 0 Å². The molecule has 0 saturated heterocycles. The Morgan fingerprint density at radius 3 is 2.68 bits per heavy atom. The third kappa shape index (κ3) is 2.67. The molecule has 0 atom stereocenters. The molecule has 4 rings (SSSR count). The molecule has 0 N–H and O–H groups in total. The molecule has 6 heteroatoms. The van der Waals surface area contributed by atoms with Gasteiger partial charge < -0.3 is 9.15 Å². The number of hydrogen-bond donors (Lipinski definition) is 0. The molecule has 25 heavy (non-hydrogen) atoms. The number of aromatic nitrogens is 3. The minimum absolute atomic E-state index is 0.408. The van der Waals surface area contributed by atoms with E-state index in [2.05, 4.69) is 10.1 Å². The predicted molar refractivity (Wildman–Crippen MR) is 92.3 cm³/mol. The summed E-state index contributed by atoms with van der Waals surface area (Å²) in [7, 11) is 1.79. The summed E-state index contributed by atoms with van der Waals surface area (Å²) >= 11 is 0. The molecule has 0 saturated carbocycles. The molecule has 0 aliphatic heterocycles. The highest BCUT2D eigenvalue weighted by Gasteiger charge is 2.21. The van der Waals surface area contributed by atoms with Gasteiger partial charge in [0.2, 0.25) is 0 Å². The van der Waals surface area contributed by atoms with Gasteiger partial charge in [-0.1, -0.05) is 18.2 Å². The van der Waals surface area contributed by atoms with Crippen LogP contribution in [-0.4, -0.2) is 20.7 Å². The number of aryl methyl sites for hydroxylation is 2. The van der Waals surface area contributed by atoms with E-state index < -0.39 is 5.97 Å². The van der Waals surface area contributed by atoms with Crippen LogP contribution in [-0.2, 0) is 7.05 Å². The zero-order valence-electron chi connectivity index (χ0n) is 13.8. The highest BCUT2D eigenvalue weighted by molar-refractivity contribution is 6.05. The minimum atomic E-state index is -0.456. The fourth-order valence-corrected chi connectivity index (χ4v) is 2.81. The van der Waals surface area contributed by atoms with Crippen molar-refractivity contribution < 1.29 is 13.9 Å². The summed E-state index contributed by atoms with van der Waals surface area (Å²) in [5.41, 5.74) is 2.29. The molecule has 0 aliphatic rings. The summed E-state index contributed by atoms with van der Waals surface area (Å²) in [6.07, 6.45) is 1.57. The van der Waals surface area contributed by atoms with Crippen molar-refractivity contribution >= 4 is 17.0 Å². The lowest BCUT2D eigenvalue weighted by Gasteiger charge is -2.07. The Balaban J connectivity index is 1.87. The summed E-state index contributed by atoms with van der Waals surface area (Å²) in [5.74, 6) is 0.607. The van der Waals surface area contributed by atoms with Crippen molar-refractivity contribution in [2.24, 2.45) is 7.05 Å². The zero-order chi connectivity index (χ0) is 17.4. The van der Waals surface area contributed by atoms with Crippen LogP contribution in [0.3, 0.4) is 0 Å². The average Bonchev–Trinajstić information content (AvgIpc) is 3.24. The monoisotopic (exact) mass is 333 g/mol. The van der Waals surface area contributed by atoms with Gasteiger partial charge >= 0.3 is 5.97 Å². The fourth-order valence-electron chi connectivity index (χ4n) is 2.81. The maximum absolute atomic E-state index is 12.8. The highest BCUT2D eigenvalue weighted by atomic mass is 16.5. The molecule has 124 valence electrons. The van der Waals surface area contributed by atoms with Crippen molar-refractivity contribution in [3.8, 4) is 17.2 Å². The number of furan rings is 1. The molecule has 0 amide bonds. The number of rotatable bonds is 3. The number of hydrogen-bond acceptors (Lipinski definition) is 5. The number of esters is 1. The molecule has 0 aliphatic carbocycles. The van der Waals surface area contributed by atoms with Gasteiger partial charge in [0.25, 0.3) is 0 Å². The first-order valence-corrected chi connectivity index (χ1v) is 7.79. The molecule has 0 spiro atoms. The Bertz CT molecular complexity index is 1050. The van der Waals surface area contributed by atoms with E-state index in [1.54, 1.807) is 48.3 Å². The van der Waals surface area contributed by atoms with E-state index in [0.717, 1.165) is 5.69 Å². The van der Waals surface area contributed by atoms with Crippen molar-refractivity contribution in [2.75, 3.05) is 0 Å². The molecule has 0 fully saturated rings. The number of carbonyl (C=O) groups is 1. The molecule has 3 aromatic heterocycles. The summed E-state index contributed by atoms with van der Waals surface area (Å²) < 4.78 is 12.6. The first-order chi connectivity index (χ1) is 12.1. The summed E-state index contributed by atoms with van der Waals surface area (Å²) in [4.78, 5) is 17.4. The van der Waals surface area contributed by atoms with Crippen LogP contribution >= 0.6 is 0 Å². The lowest BCUT2D eigenvalue weighted by atomic mass is 10.1. The van der Waals surface area contributed by atoms with Crippen LogP contribution in [0.25, 0.3) is 22.5 Å². The fraction of sp³-hybridized carbons (Fsp3) is 0.105. The molecular weight excluding hydrogens is 318 g/mol. The standard InChI is InChI=1S/C19H15N3O3/c1-12-17-14(19(23)25-13-7-4-3-5-8-13)11-15(16-9-6-10-24-16)20-18(17)22(2)21-12/h3-11H,1-2H3. The van der Waals surface area contributed by atoms with Crippen molar-refractivity contribution in [1.29, 1.82) is 0 Å². The van der Waals surface area contributed by atoms with E-state index in [-0.39, 0.29) is 0 Å². The first-order valence-electron chi connectivity index (χ1n) is 7.79. The van der Waals surface area contributed by atoms with Crippen molar-refractivity contribution in [2.45, 2.75) is 6.92 Å². The van der Waals surface area contributed by atoms with Crippen LogP contribution < -0.4 is 4.74 Å². The van der Waals surface area contributed by atoms with Crippen LogP contribution in [0.2, 0.25) is 0 Å². The van der Waals surface area contributed by atoms with Crippen LogP contribution in [0.5, 0.6) is 5.75 Å². The minimum Gasteiger partial charge on any atom is -0.463 e. The van der Waals surface area contributed by atoms with Crippen molar-refractivity contribution in [3.05, 3.63) is 66.1 Å². The maximum Gasteiger partial charge on any atom is 0.344 e. The van der Waals surface area contributed by atoms with Gasteiger partial charge in [0, 0.05) is 7.05 Å². The highest BCUT2D eigenvalue weighted by Crippen LogP contribution is 2.28. The normalized spacial score (nSPS) is 11.0. The molecule has 3 heterocycles. The van der Waals surface area contributed by atoms with E-state index in [4.69, 9.17) is 9.15 Å². The van der Waals surface area contributed by atoms with Crippen molar-refractivity contribution in [3.63, 3.8) is 0 Å². The number of benzene rings is 1. The quantitative estimate of drug-likeness (QED) is 0.422. The average molecular weight is 333 g/mol. The Morgan fingerprint density at radius 1 is 1.16 bits per heavy atom. The predicted octanol–water partition coefficient (Wildman–Crippen LogP) is 3.76. The Labute approximate surface area is 143 Å². The second-order valence-electron chi connectivity index (χ2n) is 5.64. The largest absolute Gasteiger partial charge is 0.463 e. The van der Waals surface area contributed by atoms with Gasteiger partial charge in [-0.25, -0.2) is 9.78 Å². The van der Waals surface area contributed by atoms with Crippen LogP contribution in [0.15, 0.2) is 59.2 Å². The van der Waals surface area contributed by atoms with Gasteiger partial charge in [0.05, 0.1) is 22.9 Å². The Kier molecular flexibility index (Phi) is 3.57. The van der Waals surface area contributed by atoms with Gasteiger partial charge in [-0.05, 0) is 37.3 Å². The van der Waals surface area contributed by atoms with E-state index in [9.17, 15) is 4.79 Å². The summed E-state index contributed by atoms with van der Waals surface area (Å²) in [6, 6.07) is 14.2. The summed E-state index contributed by atoms with van der Waals surface area (Å²) in [5, 5.41) is 5.06. The molecule has 0 radical (unpaired) electrons. The number of para-hydroxylation sites is 1. The summed E-state index contributed by atoms with van der Waals surface area (Å²) in [6.45, 7) is 1.84. The second-order valence-corrected chi connectivity index (χ2v) is 5.64. The van der Waals surface area contributed by atoms with Crippen LogP contribution in [0.1, 0.15) is 16.1 Å². The molecule has 0 unspecified atom stereocenters. The molecule has 1 aromatic carbocycles. The lowest BCUT2D eigenvalue weighted by molar-refractivity contribution is 0.0736. The SMILES string of the molecule is Cc1nn(C)c2nc(-c3ccco3)cc(C(=O)Oc3ccccc3)c12. The van der Waals surface area contributed by atoms with Gasteiger partial charge in [-0.15, -0.1) is 0 Å². The van der Waals surface area contributed by atoms with E-state index in [0.29, 0.717) is 33.8 Å².